The molecule has 0 aliphatic carbocycles. The van der Waals surface area contributed by atoms with E-state index in [0.29, 0.717) is 18.5 Å². The number of benzene rings is 1. The van der Waals surface area contributed by atoms with Gasteiger partial charge in [-0.1, -0.05) is 12.1 Å². The van der Waals surface area contributed by atoms with Crippen LogP contribution in [0.25, 0.3) is 10.9 Å². The van der Waals surface area contributed by atoms with Gasteiger partial charge >= 0.3 is 6.09 Å². The van der Waals surface area contributed by atoms with Gasteiger partial charge in [-0.2, -0.15) is 0 Å². The van der Waals surface area contributed by atoms with Crippen LogP contribution in [-0.2, 0) is 11.2 Å². The van der Waals surface area contributed by atoms with E-state index in [9.17, 15) is 9.18 Å². The molecule has 0 spiro atoms. The number of hydrogen-bond acceptors (Lipinski definition) is 3. The number of hydrogen-bond donors (Lipinski definition) is 1. The number of aromatic amines is 1. The molecule has 1 amide bonds. The number of fused-ring (bicyclic) bond motifs is 3. The summed E-state index contributed by atoms with van der Waals surface area (Å²) in [6, 6.07) is 7.81. The lowest BCUT2D eigenvalue weighted by Gasteiger charge is -2.35. The third-order valence-corrected chi connectivity index (χ3v) is 4.50. The quantitative estimate of drug-likeness (QED) is 0.746. The van der Waals surface area contributed by atoms with Crippen LogP contribution in [0.15, 0.2) is 42.7 Å². The molecule has 1 aromatic carbocycles. The normalized spacial score (nSPS) is 16.9. The first-order chi connectivity index (χ1) is 11.7. The SMILES string of the molecule is COC(=O)N1CCc2c([nH]c3ccncc23)C1c1cccc(F)c1. The Hall–Kier alpha value is -2.89. The van der Waals surface area contributed by atoms with E-state index in [4.69, 9.17) is 4.74 Å². The number of H-pyrrole nitrogens is 1. The highest BCUT2D eigenvalue weighted by Crippen LogP contribution is 2.38. The maximum atomic E-state index is 13.8. The van der Waals surface area contributed by atoms with Gasteiger partial charge in [0, 0.05) is 35.5 Å². The number of nitrogens with one attached hydrogen (secondary N) is 1. The zero-order chi connectivity index (χ0) is 16.7. The smallest absolute Gasteiger partial charge is 0.410 e. The van der Waals surface area contributed by atoms with E-state index in [2.05, 4.69) is 9.97 Å². The molecule has 1 aliphatic heterocycles. The van der Waals surface area contributed by atoms with Crippen LogP contribution in [-0.4, -0.2) is 34.6 Å². The van der Waals surface area contributed by atoms with Crippen LogP contribution in [0.1, 0.15) is 22.9 Å². The molecule has 1 atom stereocenters. The van der Waals surface area contributed by atoms with Gasteiger partial charge in [-0.15, -0.1) is 0 Å². The van der Waals surface area contributed by atoms with E-state index in [0.717, 1.165) is 22.2 Å². The van der Waals surface area contributed by atoms with Crippen molar-refractivity contribution in [3.63, 3.8) is 0 Å². The summed E-state index contributed by atoms with van der Waals surface area (Å²) < 4.78 is 18.7. The summed E-state index contributed by atoms with van der Waals surface area (Å²) in [5.74, 6) is -0.331. The van der Waals surface area contributed by atoms with Crippen molar-refractivity contribution in [2.24, 2.45) is 0 Å². The molecule has 0 fully saturated rings. The van der Waals surface area contributed by atoms with Gasteiger partial charge in [0.05, 0.1) is 7.11 Å². The topological polar surface area (TPSA) is 58.2 Å². The lowest BCUT2D eigenvalue weighted by molar-refractivity contribution is 0.108. The fourth-order valence-electron chi connectivity index (χ4n) is 3.47. The number of pyridine rings is 1. The first kappa shape index (κ1) is 14.7. The van der Waals surface area contributed by atoms with Crippen LogP contribution < -0.4 is 0 Å². The molecule has 0 radical (unpaired) electrons. The van der Waals surface area contributed by atoms with Gasteiger partial charge in [-0.25, -0.2) is 9.18 Å². The van der Waals surface area contributed by atoms with Gasteiger partial charge in [0.25, 0.3) is 0 Å². The van der Waals surface area contributed by atoms with E-state index >= 15 is 0 Å². The molecular formula is C18H16FN3O2. The molecule has 0 bridgehead atoms. The molecule has 5 nitrogen and oxygen atoms in total. The molecule has 0 saturated heterocycles. The zero-order valence-electron chi connectivity index (χ0n) is 13.1. The highest BCUT2D eigenvalue weighted by atomic mass is 19.1. The second-order valence-electron chi connectivity index (χ2n) is 5.81. The third-order valence-electron chi connectivity index (χ3n) is 4.50. The average Bonchev–Trinajstić information content (AvgIpc) is 2.98. The lowest BCUT2D eigenvalue weighted by Crippen LogP contribution is -2.40. The summed E-state index contributed by atoms with van der Waals surface area (Å²) in [7, 11) is 1.36. The van der Waals surface area contributed by atoms with Crippen LogP contribution in [0.4, 0.5) is 9.18 Å². The molecule has 3 heterocycles. The summed E-state index contributed by atoms with van der Waals surface area (Å²) >= 11 is 0. The number of nitrogens with zero attached hydrogens (tertiary/aromatic N) is 2. The number of rotatable bonds is 1. The number of aromatic nitrogens is 2. The fraction of sp³-hybridized carbons (Fsp3) is 0.222. The van der Waals surface area contributed by atoms with E-state index in [1.165, 1.54) is 19.2 Å². The molecular weight excluding hydrogens is 309 g/mol. The van der Waals surface area contributed by atoms with Crippen LogP contribution in [0, 0.1) is 5.82 Å². The van der Waals surface area contributed by atoms with Crippen molar-refractivity contribution in [2.75, 3.05) is 13.7 Å². The summed E-state index contributed by atoms with van der Waals surface area (Å²) in [6.07, 6.45) is 3.81. The van der Waals surface area contributed by atoms with Gasteiger partial charge in [-0.3, -0.25) is 9.88 Å². The minimum Gasteiger partial charge on any atom is -0.453 e. The van der Waals surface area contributed by atoms with Crippen LogP contribution in [0.2, 0.25) is 0 Å². The Bertz CT molecular complexity index is 922. The number of ether oxygens (including phenoxy) is 1. The van der Waals surface area contributed by atoms with Crippen molar-refractivity contribution >= 4 is 17.0 Å². The summed E-state index contributed by atoms with van der Waals surface area (Å²) in [4.78, 5) is 21.4. The van der Waals surface area contributed by atoms with Crippen molar-refractivity contribution in [1.29, 1.82) is 0 Å². The molecule has 122 valence electrons. The van der Waals surface area contributed by atoms with Gasteiger partial charge < -0.3 is 9.72 Å². The molecule has 2 aromatic heterocycles. The van der Waals surface area contributed by atoms with Crippen molar-refractivity contribution in [3.05, 3.63) is 65.4 Å². The van der Waals surface area contributed by atoms with Gasteiger partial charge in [0.2, 0.25) is 0 Å². The minimum atomic E-state index is -0.424. The van der Waals surface area contributed by atoms with Crippen molar-refractivity contribution in [2.45, 2.75) is 12.5 Å². The predicted molar refractivity (Wildman–Crippen MR) is 87.2 cm³/mol. The highest BCUT2D eigenvalue weighted by molar-refractivity contribution is 5.85. The Morgan fingerprint density at radius 1 is 1.42 bits per heavy atom. The molecule has 1 unspecified atom stereocenters. The van der Waals surface area contributed by atoms with Crippen LogP contribution >= 0.6 is 0 Å². The number of methoxy groups -OCH3 is 1. The summed E-state index contributed by atoms with van der Waals surface area (Å²) in [5.41, 5.74) is 3.68. The third kappa shape index (κ3) is 2.22. The number of carbonyl (C=O) groups excluding carboxylic acids is 1. The van der Waals surface area contributed by atoms with E-state index in [1.54, 1.807) is 17.2 Å². The van der Waals surface area contributed by atoms with E-state index < -0.39 is 12.1 Å². The van der Waals surface area contributed by atoms with Gasteiger partial charge in [-0.05, 0) is 35.7 Å². The Morgan fingerprint density at radius 2 is 2.29 bits per heavy atom. The Balaban J connectivity index is 1.92. The predicted octanol–water partition coefficient (Wildman–Crippen LogP) is 3.42. The second kappa shape index (κ2) is 5.63. The molecule has 24 heavy (non-hydrogen) atoms. The number of halogens is 1. The van der Waals surface area contributed by atoms with Crippen molar-refractivity contribution in [1.82, 2.24) is 14.9 Å². The van der Waals surface area contributed by atoms with Crippen molar-refractivity contribution < 1.29 is 13.9 Å². The second-order valence-corrected chi connectivity index (χ2v) is 5.81. The van der Waals surface area contributed by atoms with E-state index in [1.807, 2.05) is 18.3 Å². The maximum absolute atomic E-state index is 13.8. The zero-order valence-corrected chi connectivity index (χ0v) is 13.1. The first-order valence-corrected chi connectivity index (χ1v) is 7.73. The summed E-state index contributed by atoms with van der Waals surface area (Å²) in [5, 5.41) is 1.04. The molecule has 4 rings (SSSR count). The van der Waals surface area contributed by atoms with Crippen LogP contribution in [0.5, 0.6) is 0 Å². The monoisotopic (exact) mass is 325 g/mol. The minimum absolute atomic E-state index is 0.331. The Labute approximate surface area is 138 Å². The van der Waals surface area contributed by atoms with Gasteiger partial charge in [0.1, 0.15) is 11.9 Å². The maximum Gasteiger partial charge on any atom is 0.410 e. The first-order valence-electron chi connectivity index (χ1n) is 7.73. The molecule has 1 N–H and O–H groups in total. The largest absolute Gasteiger partial charge is 0.453 e. The standard InChI is InChI=1S/C18H16FN3O2/c1-24-18(23)22-8-6-13-14-10-20-7-5-15(14)21-16(13)17(22)11-3-2-4-12(19)9-11/h2-5,7,9-10,17,21H,6,8H2,1H3. The lowest BCUT2D eigenvalue weighted by atomic mass is 9.93. The summed E-state index contributed by atoms with van der Waals surface area (Å²) in [6.45, 7) is 0.503. The molecule has 6 heteroatoms. The Morgan fingerprint density at radius 3 is 3.08 bits per heavy atom. The van der Waals surface area contributed by atoms with E-state index in [-0.39, 0.29) is 5.82 Å². The average molecular weight is 325 g/mol. The number of carbonyl (C=O) groups is 1. The molecule has 1 aliphatic rings. The van der Waals surface area contributed by atoms with Crippen molar-refractivity contribution in [3.8, 4) is 0 Å². The molecule has 0 saturated carbocycles. The fourth-order valence-corrected chi connectivity index (χ4v) is 3.47. The van der Waals surface area contributed by atoms with Crippen LogP contribution in [0.3, 0.4) is 0 Å². The highest BCUT2D eigenvalue weighted by Gasteiger charge is 2.35. The number of amides is 1. The Kier molecular flexibility index (Phi) is 3.45. The van der Waals surface area contributed by atoms with Gasteiger partial charge in [0.15, 0.2) is 0 Å². The molecule has 3 aromatic rings.